The third-order valence-electron chi connectivity index (χ3n) is 7.57. The molecule has 1 fully saturated rings. The van der Waals surface area contributed by atoms with E-state index >= 15 is 0 Å². The Hall–Kier alpha value is -2.30. The molecule has 0 spiro atoms. The van der Waals surface area contributed by atoms with E-state index < -0.39 is 29.4 Å². The zero-order valence-electron chi connectivity index (χ0n) is 22.7. The van der Waals surface area contributed by atoms with E-state index in [1.165, 1.54) is 0 Å². The van der Waals surface area contributed by atoms with Crippen LogP contribution in [-0.2, 0) is 16.0 Å². The number of benzene rings is 2. The number of nitrogens with two attached hydrogens (primary N) is 1. The maximum Gasteiger partial charge on any atom is 0.239 e. The fourth-order valence-corrected chi connectivity index (χ4v) is 6.58. The summed E-state index contributed by atoms with van der Waals surface area (Å²) in [5.41, 5.74) is 9.02. The molecule has 2 aromatic rings. The van der Waals surface area contributed by atoms with Crippen LogP contribution in [0.1, 0.15) is 55.3 Å². The van der Waals surface area contributed by atoms with E-state index in [9.17, 15) is 14.5 Å². The van der Waals surface area contributed by atoms with E-state index in [4.69, 9.17) is 15.2 Å². The monoisotopic (exact) mass is 543 g/mol. The number of nitrogens with one attached hydrogen (secondary N) is 1. The van der Waals surface area contributed by atoms with Crippen molar-refractivity contribution in [2.45, 2.75) is 75.6 Å². The molecule has 208 valence electrons. The summed E-state index contributed by atoms with van der Waals surface area (Å²) in [4.78, 5) is 15.3. The van der Waals surface area contributed by atoms with E-state index in [1.54, 1.807) is 12.1 Å². The van der Waals surface area contributed by atoms with Crippen LogP contribution in [0.3, 0.4) is 0 Å². The molecular weight excluding hydrogens is 502 g/mol. The summed E-state index contributed by atoms with van der Waals surface area (Å²) >= 11 is -1.08. The first-order chi connectivity index (χ1) is 18.3. The Kier molecular flexibility index (Phi) is 9.95. The van der Waals surface area contributed by atoms with Crippen LogP contribution in [0.4, 0.5) is 0 Å². The topological polar surface area (TPSA) is 120 Å². The Bertz CT molecular complexity index is 1070. The Morgan fingerprint density at radius 2 is 1.92 bits per heavy atom. The molecule has 2 aliphatic rings. The van der Waals surface area contributed by atoms with Gasteiger partial charge in [0.05, 0.1) is 0 Å². The predicted molar refractivity (Wildman–Crippen MR) is 149 cm³/mol. The number of primary amides is 1. The maximum absolute atomic E-state index is 12.5. The molecule has 0 saturated carbocycles. The number of fused-ring (bicyclic) bond motifs is 1. The number of rotatable bonds is 11. The molecule has 1 saturated heterocycles. The van der Waals surface area contributed by atoms with Gasteiger partial charge in [-0.25, -0.2) is 0 Å². The van der Waals surface area contributed by atoms with Gasteiger partial charge in [0.1, 0.15) is 24.5 Å². The number of hydrogen-bond acceptors (Lipinski definition) is 7. The van der Waals surface area contributed by atoms with Crippen molar-refractivity contribution >= 4 is 17.1 Å². The van der Waals surface area contributed by atoms with Crippen molar-refractivity contribution in [3.05, 3.63) is 53.1 Å². The number of aliphatic hydroxyl groups is 1. The lowest BCUT2D eigenvalue weighted by Crippen LogP contribution is -2.50. The fraction of sp³-hybridized carbons (Fsp3) is 0.552. The summed E-state index contributed by atoms with van der Waals surface area (Å²) in [6.07, 6.45) is 2.32. The van der Waals surface area contributed by atoms with E-state index in [2.05, 4.69) is 17.1 Å². The molecular formula is C29H41N3O5S. The summed E-state index contributed by atoms with van der Waals surface area (Å²) < 4.78 is 24.4. The van der Waals surface area contributed by atoms with Crippen LogP contribution in [0.15, 0.2) is 41.3 Å². The number of carbonyl (C=O) groups excluding carboxylic acids is 1. The van der Waals surface area contributed by atoms with E-state index in [0.29, 0.717) is 23.8 Å². The molecule has 0 radical (unpaired) electrons. The van der Waals surface area contributed by atoms with Crippen LogP contribution in [0.5, 0.6) is 11.5 Å². The van der Waals surface area contributed by atoms with E-state index in [0.717, 1.165) is 60.4 Å². The number of nitrogens with zero attached hydrogens (tertiary/aromatic N) is 1. The predicted octanol–water partition coefficient (Wildman–Crippen LogP) is 2.99. The quantitative estimate of drug-likeness (QED) is 0.373. The van der Waals surface area contributed by atoms with Gasteiger partial charge in [0.2, 0.25) is 5.91 Å². The van der Waals surface area contributed by atoms with E-state index in [1.807, 2.05) is 38.1 Å². The third-order valence-corrected chi connectivity index (χ3v) is 9.01. The Labute approximate surface area is 229 Å². The molecule has 4 N–H and O–H groups in total. The molecule has 2 aliphatic heterocycles. The first-order valence-electron chi connectivity index (χ1n) is 13.6. The Balaban J connectivity index is 1.29. The second-order valence-corrected chi connectivity index (χ2v) is 11.9. The van der Waals surface area contributed by atoms with Crippen molar-refractivity contribution in [3.8, 4) is 11.5 Å². The molecule has 2 aromatic carbocycles. The van der Waals surface area contributed by atoms with Crippen LogP contribution in [0.2, 0.25) is 0 Å². The van der Waals surface area contributed by atoms with Crippen molar-refractivity contribution in [1.29, 1.82) is 0 Å². The minimum Gasteiger partial charge on any atom is -0.611 e. The molecule has 4 unspecified atom stereocenters. The zero-order chi connectivity index (χ0) is 27.2. The maximum atomic E-state index is 12.5. The standard InChI is InChI=1S/C29H41N3O5S/c1-4-5-15-38(35)22-9-10-24-25(16-22)37-26(18-36-24)23(33)17-31-21-11-13-32(14-12-21)28(29(30)34)27-19(2)7-6-8-20(27)3/h6-10,16,21,23,26,28,31,33H,4-5,11-15,17-18H2,1-3H3,(H2,30,34). The minimum absolute atomic E-state index is 0.219. The lowest BCUT2D eigenvalue weighted by molar-refractivity contribution is -0.124. The first kappa shape index (κ1) is 28.7. The van der Waals surface area contributed by atoms with Crippen LogP contribution < -0.4 is 20.5 Å². The van der Waals surface area contributed by atoms with Crippen molar-refractivity contribution < 1.29 is 23.9 Å². The van der Waals surface area contributed by atoms with Gasteiger partial charge in [-0.3, -0.25) is 9.69 Å². The molecule has 1 amide bonds. The summed E-state index contributed by atoms with van der Waals surface area (Å²) in [5, 5.41) is 14.3. The molecule has 0 aliphatic carbocycles. The summed E-state index contributed by atoms with van der Waals surface area (Å²) in [6.45, 7) is 8.22. The number of aliphatic hydroxyl groups excluding tert-OH is 1. The van der Waals surface area contributed by atoms with Crippen molar-refractivity contribution in [2.24, 2.45) is 5.73 Å². The number of amides is 1. The summed E-state index contributed by atoms with van der Waals surface area (Å²) in [5.74, 6) is 1.43. The van der Waals surface area contributed by atoms with Crippen molar-refractivity contribution in [3.63, 3.8) is 0 Å². The molecule has 0 bridgehead atoms. The molecule has 8 nitrogen and oxygen atoms in total. The van der Waals surface area contributed by atoms with Gasteiger partial charge in [0.25, 0.3) is 0 Å². The van der Waals surface area contributed by atoms with Gasteiger partial charge in [-0.2, -0.15) is 0 Å². The number of hydrogen-bond donors (Lipinski definition) is 3. The van der Waals surface area contributed by atoms with E-state index in [-0.39, 0.29) is 18.6 Å². The van der Waals surface area contributed by atoms with Crippen molar-refractivity contribution in [1.82, 2.24) is 10.2 Å². The van der Waals surface area contributed by atoms with Crippen molar-refractivity contribution in [2.75, 3.05) is 32.0 Å². The molecule has 4 rings (SSSR count). The number of carbonyl (C=O) groups is 1. The molecule has 9 heteroatoms. The van der Waals surface area contributed by atoms with Gasteiger partial charge in [0.15, 0.2) is 22.5 Å². The number of ether oxygens (including phenoxy) is 2. The zero-order valence-corrected chi connectivity index (χ0v) is 23.5. The SMILES string of the molecule is CCCC[S+]([O-])c1ccc2c(c1)OC(C(O)CNC1CCN(C(C(N)=O)c3c(C)cccc3C)CC1)CO2. The van der Waals surface area contributed by atoms with Gasteiger partial charge < -0.3 is 30.2 Å². The van der Waals surface area contributed by atoms with Gasteiger partial charge >= 0.3 is 0 Å². The highest BCUT2D eigenvalue weighted by Crippen LogP contribution is 2.35. The summed E-state index contributed by atoms with van der Waals surface area (Å²) in [7, 11) is 0. The molecule has 2 heterocycles. The lowest BCUT2D eigenvalue weighted by atomic mass is 9.92. The average molecular weight is 544 g/mol. The number of unbranched alkanes of at least 4 members (excludes halogenated alkanes) is 1. The van der Waals surface area contributed by atoms with Crippen LogP contribution in [0.25, 0.3) is 0 Å². The highest BCUT2D eigenvalue weighted by Gasteiger charge is 2.33. The number of likely N-dealkylation sites (tertiary alicyclic amines) is 1. The van der Waals surface area contributed by atoms with Crippen LogP contribution >= 0.6 is 0 Å². The van der Waals surface area contributed by atoms with Crippen LogP contribution in [-0.4, -0.2) is 70.7 Å². The van der Waals surface area contributed by atoms with Gasteiger partial charge in [-0.05, 0) is 73.1 Å². The normalized spacial score (nSPS) is 20.6. The second-order valence-electron chi connectivity index (χ2n) is 10.4. The minimum atomic E-state index is -1.08. The Morgan fingerprint density at radius 1 is 1.21 bits per heavy atom. The van der Waals surface area contributed by atoms with Gasteiger partial charge in [0, 0.05) is 31.7 Å². The fourth-order valence-electron chi connectivity index (χ4n) is 5.34. The molecule has 4 atom stereocenters. The number of aryl methyl sites for hydroxylation is 2. The molecule has 0 aromatic heterocycles. The Morgan fingerprint density at radius 3 is 2.58 bits per heavy atom. The average Bonchev–Trinajstić information content (AvgIpc) is 2.92. The molecule has 38 heavy (non-hydrogen) atoms. The van der Waals surface area contributed by atoms with Gasteiger partial charge in [-0.1, -0.05) is 31.5 Å². The highest BCUT2D eigenvalue weighted by molar-refractivity contribution is 7.91. The largest absolute Gasteiger partial charge is 0.611 e. The third kappa shape index (κ3) is 6.82. The summed E-state index contributed by atoms with van der Waals surface area (Å²) in [6, 6.07) is 11.2. The van der Waals surface area contributed by atoms with Gasteiger partial charge in [-0.15, -0.1) is 0 Å². The highest BCUT2D eigenvalue weighted by atomic mass is 32.2. The lowest BCUT2D eigenvalue weighted by Gasteiger charge is -2.38. The van der Waals surface area contributed by atoms with Crippen LogP contribution in [0, 0.1) is 13.8 Å². The smallest absolute Gasteiger partial charge is 0.239 e. The second kappa shape index (κ2) is 13.2. The number of piperidine rings is 1. The first-order valence-corrected chi connectivity index (χ1v) is 14.9.